The monoisotopic (exact) mass is 359 g/mol. The highest BCUT2D eigenvalue weighted by atomic mass is 35.5. The molecule has 2 aromatic carbocycles. The van der Waals surface area contributed by atoms with Crippen LogP contribution in [0.2, 0.25) is 10.0 Å². The minimum absolute atomic E-state index is 0.193. The largest absolute Gasteiger partial charge is 0.338 e. The summed E-state index contributed by atoms with van der Waals surface area (Å²) in [6.45, 7) is 1.97. The number of para-hydroxylation sites is 1. The first-order valence-electron chi connectivity index (χ1n) is 7.37. The molecule has 0 bridgehead atoms. The van der Waals surface area contributed by atoms with Crippen LogP contribution in [0.1, 0.15) is 12.5 Å². The van der Waals surface area contributed by atoms with Crippen LogP contribution in [0.15, 0.2) is 59.8 Å². The summed E-state index contributed by atoms with van der Waals surface area (Å²) in [4.78, 5) is 12.1. The van der Waals surface area contributed by atoms with E-state index in [1.807, 2.05) is 41.1 Å². The Labute approximate surface area is 149 Å². The third-order valence-corrected chi connectivity index (χ3v) is 4.21. The molecule has 1 aromatic heterocycles. The van der Waals surface area contributed by atoms with Crippen LogP contribution in [0.3, 0.4) is 0 Å². The van der Waals surface area contributed by atoms with Gasteiger partial charge in [0.05, 0.1) is 10.7 Å². The summed E-state index contributed by atoms with van der Waals surface area (Å²) < 4.78 is 1.88. The summed E-state index contributed by atoms with van der Waals surface area (Å²) in [5.41, 5.74) is 4.91. The molecular weight excluding hydrogens is 345 g/mol. The maximum Gasteiger partial charge on any atom is 0.259 e. The number of hydrogen-bond donors (Lipinski definition) is 1. The first-order valence-corrected chi connectivity index (χ1v) is 8.12. The highest BCUT2D eigenvalue weighted by molar-refractivity contribution is 6.37. The van der Waals surface area contributed by atoms with E-state index >= 15 is 0 Å². The van der Waals surface area contributed by atoms with Gasteiger partial charge in [-0.1, -0.05) is 47.5 Å². The minimum atomic E-state index is -0.208. The van der Waals surface area contributed by atoms with Crippen LogP contribution in [0.4, 0.5) is 0 Å². The van der Waals surface area contributed by atoms with Gasteiger partial charge in [0, 0.05) is 22.3 Å². The summed E-state index contributed by atoms with van der Waals surface area (Å²) in [5, 5.41) is 6.27. The fourth-order valence-electron chi connectivity index (χ4n) is 2.46. The lowest BCUT2D eigenvalue weighted by Crippen LogP contribution is -2.24. The molecule has 24 heavy (non-hydrogen) atoms. The van der Waals surface area contributed by atoms with E-state index in [0.29, 0.717) is 15.8 Å². The highest BCUT2D eigenvalue weighted by Gasteiger charge is 2.07. The summed E-state index contributed by atoms with van der Waals surface area (Å²) in [7, 11) is 0. The topological polar surface area (TPSA) is 46.4 Å². The van der Waals surface area contributed by atoms with Gasteiger partial charge in [0.25, 0.3) is 5.91 Å². The van der Waals surface area contributed by atoms with Crippen molar-refractivity contribution >= 4 is 45.7 Å². The summed E-state index contributed by atoms with van der Waals surface area (Å²) in [6, 6.07) is 15.0. The molecule has 0 radical (unpaired) electrons. The number of fused-ring (bicyclic) bond motifs is 1. The number of hydrogen-bond acceptors (Lipinski definition) is 2. The van der Waals surface area contributed by atoms with Crippen molar-refractivity contribution in [2.24, 2.45) is 5.10 Å². The Hall–Kier alpha value is -2.30. The zero-order valence-electron chi connectivity index (χ0n) is 13.0. The standard InChI is InChI=1S/C18H15Cl2N3O/c1-12(15-7-6-14(19)10-16(15)20)21-22-18(24)11-23-9-8-13-4-2-3-5-17(13)23/h2-10H,11H2,1H3,(H,22,24). The van der Waals surface area contributed by atoms with Crippen LogP contribution in [0.25, 0.3) is 10.9 Å². The number of rotatable bonds is 4. The Kier molecular flexibility index (Phi) is 4.88. The van der Waals surface area contributed by atoms with Gasteiger partial charge in [-0.2, -0.15) is 5.10 Å². The fourth-order valence-corrected chi connectivity index (χ4v) is 3.00. The van der Waals surface area contributed by atoms with Crippen molar-refractivity contribution in [2.75, 3.05) is 0 Å². The quantitative estimate of drug-likeness (QED) is 0.541. The van der Waals surface area contributed by atoms with E-state index in [4.69, 9.17) is 23.2 Å². The van der Waals surface area contributed by atoms with Gasteiger partial charge < -0.3 is 4.57 Å². The molecular formula is C18H15Cl2N3O. The normalized spacial score (nSPS) is 11.7. The van der Waals surface area contributed by atoms with E-state index in [9.17, 15) is 4.79 Å². The molecule has 0 atom stereocenters. The van der Waals surface area contributed by atoms with Crippen LogP contribution in [0, 0.1) is 0 Å². The van der Waals surface area contributed by atoms with Crippen molar-refractivity contribution in [3.63, 3.8) is 0 Å². The second-order valence-corrected chi connectivity index (χ2v) is 6.20. The van der Waals surface area contributed by atoms with Gasteiger partial charge in [0.2, 0.25) is 0 Å². The molecule has 0 aliphatic rings. The molecule has 1 amide bonds. The maximum absolute atomic E-state index is 12.1. The lowest BCUT2D eigenvalue weighted by atomic mass is 10.1. The summed E-state index contributed by atoms with van der Waals surface area (Å²) >= 11 is 12.0. The lowest BCUT2D eigenvalue weighted by molar-refractivity contribution is -0.121. The average Bonchev–Trinajstić information content (AvgIpc) is 2.96. The number of carbonyl (C=O) groups is 1. The summed E-state index contributed by atoms with van der Waals surface area (Å²) in [5.74, 6) is -0.208. The van der Waals surface area contributed by atoms with Crippen LogP contribution < -0.4 is 5.43 Å². The predicted molar refractivity (Wildman–Crippen MR) is 98.8 cm³/mol. The smallest absolute Gasteiger partial charge is 0.259 e. The van der Waals surface area contributed by atoms with Crippen LogP contribution in [-0.4, -0.2) is 16.2 Å². The number of aromatic nitrogens is 1. The first-order chi connectivity index (χ1) is 11.5. The Balaban J connectivity index is 1.70. The van der Waals surface area contributed by atoms with Gasteiger partial charge in [0.15, 0.2) is 0 Å². The van der Waals surface area contributed by atoms with E-state index in [0.717, 1.165) is 16.5 Å². The van der Waals surface area contributed by atoms with Gasteiger partial charge in [-0.25, -0.2) is 5.43 Å². The van der Waals surface area contributed by atoms with Crippen LogP contribution >= 0.6 is 23.2 Å². The lowest BCUT2D eigenvalue weighted by Gasteiger charge is -2.07. The summed E-state index contributed by atoms with van der Waals surface area (Å²) in [6.07, 6.45) is 1.89. The molecule has 4 nitrogen and oxygen atoms in total. The van der Waals surface area contributed by atoms with Crippen LogP contribution in [-0.2, 0) is 11.3 Å². The minimum Gasteiger partial charge on any atom is -0.338 e. The van der Waals surface area contributed by atoms with Crippen molar-refractivity contribution in [2.45, 2.75) is 13.5 Å². The Bertz CT molecular complexity index is 931. The van der Waals surface area contributed by atoms with E-state index < -0.39 is 0 Å². The molecule has 3 aromatic rings. The molecule has 0 aliphatic carbocycles. The second-order valence-electron chi connectivity index (χ2n) is 5.36. The molecule has 0 aliphatic heterocycles. The van der Waals surface area contributed by atoms with E-state index in [-0.39, 0.29) is 12.5 Å². The van der Waals surface area contributed by atoms with E-state index in [1.54, 1.807) is 25.1 Å². The van der Waals surface area contributed by atoms with Crippen molar-refractivity contribution in [1.29, 1.82) is 0 Å². The molecule has 0 unspecified atom stereocenters. The molecule has 0 spiro atoms. The highest BCUT2D eigenvalue weighted by Crippen LogP contribution is 2.21. The number of halogens is 2. The van der Waals surface area contributed by atoms with Crippen molar-refractivity contribution in [1.82, 2.24) is 9.99 Å². The van der Waals surface area contributed by atoms with Crippen molar-refractivity contribution in [3.8, 4) is 0 Å². The van der Waals surface area contributed by atoms with Gasteiger partial charge in [-0.15, -0.1) is 0 Å². The number of hydrazone groups is 1. The second kappa shape index (κ2) is 7.07. The first kappa shape index (κ1) is 16.6. The molecule has 1 heterocycles. The number of nitrogens with one attached hydrogen (secondary N) is 1. The third-order valence-electron chi connectivity index (χ3n) is 3.66. The molecule has 1 N–H and O–H groups in total. The number of benzene rings is 2. The number of nitrogens with zero attached hydrogens (tertiary/aromatic N) is 2. The van der Waals surface area contributed by atoms with Crippen molar-refractivity contribution < 1.29 is 4.79 Å². The molecule has 0 saturated heterocycles. The Morgan fingerprint density at radius 2 is 1.96 bits per heavy atom. The SMILES string of the molecule is CC(=NNC(=O)Cn1ccc2ccccc21)c1ccc(Cl)cc1Cl. The third kappa shape index (κ3) is 3.61. The molecule has 6 heteroatoms. The molecule has 122 valence electrons. The maximum atomic E-state index is 12.1. The van der Waals surface area contributed by atoms with E-state index in [2.05, 4.69) is 10.5 Å². The fraction of sp³-hybridized carbons (Fsp3) is 0.111. The Morgan fingerprint density at radius 1 is 1.17 bits per heavy atom. The molecule has 0 fully saturated rings. The number of carbonyl (C=O) groups excluding carboxylic acids is 1. The predicted octanol–water partition coefficient (Wildman–Crippen LogP) is 4.49. The number of amides is 1. The van der Waals surface area contributed by atoms with Gasteiger partial charge in [-0.05, 0) is 36.6 Å². The van der Waals surface area contributed by atoms with Gasteiger partial charge >= 0.3 is 0 Å². The average molecular weight is 360 g/mol. The zero-order chi connectivity index (χ0) is 17.1. The zero-order valence-corrected chi connectivity index (χ0v) is 14.5. The molecule has 3 rings (SSSR count). The molecule has 0 saturated carbocycles. The van der Waals surface area contributed by atoms with E-state index in [1.165, 1.54) is 0 Å². The van der Waals surface area contributed by atoms with Gasteiger partial charge in [0.1, 0.15) is 6.54 Å². The van der Waals surface area contributed by atoms with Gasteiger partial charge in [-0.3, -0.25) is 4.79 Å². The van der Waals surface area contributed by atoms with Crippen LogP contribution in [0.5, 0.6) is 0 Å². The van der Waals surface area contributed by atoms with Crippen molar-refractivity contribution in [3.05, 3.63) is 70.3 Å². The Morgan fingerprint density at radius 3 is 2.75 bits per heavy atom.